The highest BCUT2D eigenvalue weighted by Gasteiger charge is 2.09. The number of hydrogen-bond donors (Lipinski definition) is 1. The van der Waals surface area contributed by atoms with Gasteiger partial charge in [0.15, 0.2) is 0 Å². The fraction of sp³-hybridized carbons (Fsp3) is 0.455. The average molecular weight is 205 g/mol. The van der Waals surface area contributed by atoms with E-state index in [2.05, 4.69) is 31.6 Å². The van der Waals surface area contributed by atoms with Gasteiger partial charge in [-0.05, 0) is 26.3 Å². The maximum Gasteiger partial charge on any atom is 0.113 e. The Hall–Kier alpha value is -0.405. The summed E-state index contributed by atoms with van der Waals surface area (Å²) in [5.74, 6) is 0. The highest BCUT2D eigenvalue weighted by Crippen LogP contribution is 2.19. The third kappa shape index (κ3) is 4.73. The minimum atomic E-state index is 0.250. The van der Waals surface area contributed by atoms with Crippen LogP contribution in [0.25, 0.3) is 0 Å². The minimum absolute atomic E-state index is 0.250. The van der Waals surface area contributed by atoms with Gasteiger partial charge < -0.3 is 0 Å². The summed E-state index contributed by atoms with van der Waals surface area (Å²) in [6, 6.07) is 7.96. The maximum absolute atomic E-state index is 5.68. The van der Waals surface area contributed by atoms with E-state index < -0.39 is 0 Å². The molecule has 1 N–H and O–H groups in total. The van der Waals surface area contributed by atoms with Gasteiger partial charge in [0.2, 0.25) is 0 Å². The van der Waals surface area contributed by atoms with Crippen LogP contribution in [-0.4, -0.2) is 12.6 Å². The first-order chi connectivity index (χ1) is 6.47. The summed E-state index contributed by atoms with van der Waals surface area (Å²) in [5.41, 5.74) is 2.05. The van der Waals surface area contributed by atoms with Crippen molar-refractivity contribution in [1.82, 2.24) is 4.72 Å². The molecule has 0 aliphatic rings. The molecule has 0 unspecified atom stereocenters. The van der Waals surface area contributed by atoms with Crippen molar-refractivity contribution >= 4 is 25.3 Å². The molecule has 0 spiro atoms. The van der Waals surface area contributed by atoms with Crippen LogP contribution in [0, 0.1) is 0 Å². The van der Waals surface area contributed by atoms with E-state index in [-0.39, 0.29) is 4.75 Å². The van der Waals surface area contributed by atoms with Crippen LogP contribution < -0.4 is 10.2 Å². The fourth-order valence-corrected chi connectivity index (χ4v) is 1.71. The summed E-state index contributed by atoms with van der Waals surface area (Å²) in [5, 5.41) is 0. The first kappa shape index (κ1) is 11.7. The molecule has 0 aliphatic carbocycles. The highest BCUT2D eigenvalue weighted by molar-refractivity contribution is 7.98. The second-order valence-electron chi connectivity index (χ2n) is 4.28. The largest absolute Gasteiger partial charge is 0.259 e. The Kier molecular flexibility index (Phi) is 4.08. The summed E-state index contributed by atoms with van der Waals surface area (Å²) >= 11 is 1.74. The van der Waals surface area contributed by atoms with Crippen LogP contribution in [-0.2, 0) is 6.54 Å². The van der Waals surface area contributed by atoms with Gasteiger partial charge in [0.1, 0.15) is 7.85 Å². The van der Waals surface area contributed by atoms with E-state index in [1.807, 2.05) is 18.2 Å². The molecule has 74 valence electrons. The van der Waals surface area contributed by atoms with Gasteiger partial charge in [-0.1, -0.05) is 41.7 Å². The van der Waals surface area contributed by atoms with Crippen LogP contribution in [0.5, 0.6) is 0 Å². The Morgan fingerprint density at radius 2 is 2.07 bits per heavy atom. The Morgan fingerprint density at radius 1 is 1.36 bits per heavy atom. The maximum atomic E-state index is 5.68. The first-order valence-electron chi connectivity index (χ1n) is 4.73. The molecule has 0 fully saturated rings. The van der Waals surface area contributed by atoms with Gasteiger partial charge in [0.05, 0.1) is 0 Å². The molecule has 0 amide bonds. The van der Waals surface area contributed by atoms with Gasteiger partial charge >= 0.3 is 0 Å². The summed E-state index contributed by atoms with van der Waals surface area (Å²) in [4.78, 5) is 0. The van der Waals surface area contributed by atoms with Gasteiger partial charge in [-0.25, -0.2) is 0 Å². The van der Waals surface area contributed by atoms with Gasteiger partial charge in [-0.15, -0.1) is 0 Å². The first-order valence-corrected chi connectivity index (χ1v) is 5.54. The molecule has 0 bridgehead atoms. The predicted molar refractivity (Wildman–Crippen MR) is 66.0 cm³/mol. The summed E-state index contributed by atoms with van der Waals surface area (Å²) in [6.07, 6.45) is 0. The number of nitrogens with one attached hydrogen (secondary N) is 1. The lowest BCUT2D eigenvalue weighted by atomic mass is 9.95. The van der Waals surface area contributed by atoms with Gasteiger partial charge in [0, 0.05) is 11.3 Å². The molecule has 2 radical (unpaired) electrons. The zero-order valence-corrected chi connectivity index (χ0v) is 9.82. The van der Waals surface area contributed by atoms with Crippen LogP contribution in [0.1, 0.15) is 26.3 Å². The van der Waals surface area contributed by atoms with Crippen molar-refractivity contribution in [3.8, 4) is 0 Å². The second kappa shape index (κ2) is 4.90. The summed E-state index contributed by atoms with van der Waals surface area (Å²) < 4.78 is 3.58. The SMILES string of the molecule is [B]c1cccc(CNSC(C)(C)C)c1. The molecule has 1 aromatic carbocycles. The van der Waals surface area contributed by atoms with Crippen molar-refractivity contribution in [2.75, 3.05) is 0 Å². The zero-order chi connectivity index (χ0) is 10.6. The number of benzene rings is 1. The van der Waals surface area contributed by atoms with E-state index in [4.69, 9.17) is 7.85 Å². The van der Waals surface area contributed by atoms with Crippen molar-refractivity contribution in [2.45, 2.75) is 32.1 Å². The van der Waals surface area contributed by atoms with Crippen molar-refractivity contribution in [3.63, 3.8) is 0 Å². The quantitative estimate of drug-likeness (QED) is 0.598. The predicted octanol–water partition coefficient (Wildman–Crippen LogP) is 2.02. The topological polar surface area (TPSA) is 12.0 Å². The summed E-state index contributed by atoms with van der Waals surface area (Å²) in [7, 11) is 5.68. The Labute approximate surface area is 92.2 Å². The molecular weight excluding hydrogens is 189 g/mol. The van der Waals surface area contributed by atoms with Crippen molar-refractivity contribution in [2.24, 2.45) is 0 Å². The molecule has 0 aliphatic heterocycles. The molecule has 3 heteroatoms. The van der Waals surface area contributed by atoms with Gasteiger partial charge in [0.25, 0.3) is 0 Å². The van der Waals surface area contributed by atoms with Crippen LogP contribution in [0.2, 0.25) is 0 Å². The molecule has 0 atom stereocenters. The zero-order valence-electron chi connectivity index (χ0n) is 9.00. The fourth-order valence-electron chi connectivity index (χ4n) is 1.04. The van der Waals surface area contributed by atoms with Crippen LogP contribution in [0.15, 0.2) is 24.3 Å². The van der Waals surface area contributed by atoms with Crippen molar-refractivity contribution in [1.29, 1.82) is 0 Å². The molecular formula is C11H16BNS. The summed E-state index contributed by atoms with van der Waals surface area (Å²) in [6.45, 7) is 7.41. The minimum Gasteiger partial charge on any atom is -0.259 e. The van der Waals surface area contributed by atoms with Crippen molar-refractivity contribution in [3.05, 3.63) is 29.8 Å². The molecule has 0 heterocycles. The number of hydrogen-bond acceptors (Lipinski definition) is 2. The molecule has 0 saturated heterocycles. The molecule has 0 saturated carbocycles. The van der Waals surface area contributed by atoms with Gasteiger partial charge in [-0.2, -0.15) is 0 Å². The van der Waals surface area contributed by atoms with E-state index >= 15 is 0 Å². The Bertz CT molecular complexity index is 294. The van der Waals surface area contributed by atoms with Crippen LogP contribution >= 0.6 is 11.9 Å². The second-order valence-corrected chi connectivity index (χ2v) is 6.00. The molecule has 1 rings (SSSR count). The monoisotopic (exact) mass is 205 g/mol. The van der Waals surface area contributed by atoms with Gasteiger partial charge in [-0.3, -0.25) is 4.72 Å². The number of rotatable bonds is 3. The van der Waals surface area contributed by atoms with E-state index in [1.54, 1.807) is 11.9 Å². The van der Waals surface area contributed by atoms with Crippen LogP contribution in [0.4, 0.5) is 0 Å². The lowest BCUT2D eigenvalue weighted by molar-refractivity contribution is 0.787. The van der Waals surface area contributed by atoms with E-state index in [9.17, 15) is 0 Å². The van der Waals surface area contributed by atoms with Crippen LogP contribution in [0.3, 0.4) is 0 Å². The third-order valence-electron chi connectivity index (χ3n) is 1.61. The van der Waals surface area contributed by atoms with E-state index in [0.29, 0.717) is 0 Å². The lowest BCUT2D eigenvalue weighted by Gasteiger charge is -2.17. The lowest BCUT2D eigenvalue weighted by Crippen LogP contribution is -2.17. The van der Waals surface area contributed by atoms with E-state index in [1.165, 1.54) is 5.56 Å². The Balaban J connectivity index is 2.39. The Morgan fingerprint density at radius 3 is 2.64 bits per heavy atom. The standard InChI is InChI=1S/C11H16BNS/c1-11(2,3)14-13-8-9-5-4-6-10(12)7-9/h4-7,13H,8H2,1-3H3. The van der Waals surface area contributed by atoms with Crippen molar-refractivity contribution < 1.29 is 0 Å². The molecule has 1 nitrogen and oxygen atoms in total. The molecule has 0 aromatic heterocycles. The average Bonchev–Trinajstić information content (AvgIpc) is 2.01. The van der Waals surface area contributed by atoms with E-state index in [0.717, 1.165) is 12.0 Å². The normalized spacial score (nSPS) is 11.6. The molecule has 14 heavy (non-hydrogen) atoms. The highest BCUT2D eigenvalue weighted by atomic mass is 32.2. The third-order valence-corrected chi connectivity index (χ3v) is 2.51. The molecule has 1 aromatic rings. The smallest absolute Gasteiger partial charge is 0.113 e.